The maximum Gasteiger partial charge on any atom is 0.217 e. The van der Waals surface area contributed by atoms with Gasteiger partial charge in [0.25, 0.3) is 0 Å². The zero-order chi connectivity index (χ0) is 22.6. The molecule has 0 spiro atoms. The molecule has 2 rings (SSSR count). The Bertz CT molecular complexity index is 594. The summed E-state index contributed by atoms with van der Waals surface area (Å²) < 4.78 is 21.8. The first-order valence-corrected chi connectivity index (χ1v) is 9.43. The largest absolute Gasteiger partial charge is 0.394 e. The number of rotatable bonds is 7. The third kappa shape index (κ3) is 5.43. The predicted molar refractivity (Wildman–Crippen MR) is 96.6 cm³/mol. The van der Waals surface area contributed by atoms with Crippen LogP contribution in [-0.4, -0.2) is 119 Å². The van der Waals surface area contributed by atoms with Gasteiger partial charge in [-0.25, -0.2) is 0 Å². The minimum absolute atomic E-state index is 0.515. The smallest absolute Gasteiger partial charge is 0.217 e. The average molecular weight is 438 g/mol. The van der Waals surface area contributed by atoms with Crippen molar-refractivity contribution >= 4 is 11.8 Å². The molecule has 2 amide bonds. The van der Waals surface area contributed by atoms with E-state index >= 15 is 0 Å². The van der Waals surface area contributed by atoms with Crippen LogP contribution in [0.1, 0.15) is 13.8 Å². The molecule has 2 aliphatic rings. The Kier molecular flexibility index (Phi) is 8.90. The Labute approximate surface area is 172 Å². The van der Waals surface area contributed by atoms with Gasteiger partial charge in [-0.2, -0.15) is 0 Å². The quantitative estimate of drug-likeness (QED) is 0.202. The van der Waals surface area contributed by atoms with Crippen LogP contribution < -0.4 is 10.6 Å². The summed E-state index contributed by atoms with van der Waals surface area (Å²) in [5.41, 5.74) is 0. The van der Waals surface area contributed by atoms with E-state index in [1.165, 1.54) is 21.0 Å². The summed E-state index contributed by atoms with van der Waals surface area (Å²) >= 11 is 0. The van der Waals surface area contributed by atoms with E-state index in [0.29, 0.717) is 0 Å². The van der Waals surface area contributed by atoms with Crippen LogP contribution in [0.3, 0.4) is 0 Å². The van der Waals surface area contributed by atoms with Gasteiger partial charge in [-0.15, -0.1) is 0 Å². The number of methoxy groups -OCH3 is 1. The van der Waals surface area contributed by atoms with Crippen molar-refractivity contribution in [1.82, 2.24) is 10.6 Å². The van der Waals surface area contributed by atoms with Crippen molar-refractivity contribution in [3.8, 4) is 0 Å². The molecule has 7 N–H and O–H groups in total. The zero-order valence-electron chi connectivity index (χ0n) is 16.9. The molecule has 174 valence electrons. The Hall–Kier alpha value is -1.42. The minimum atomic E-state index is -1.62. The van der Waals surface area contributed by atoms with Crippen LogP contribution in [0, 0.1) is 0 Å². The number of hydrogen-bond acceptors (Lipinski definition) is 11. The lowest BCUT2D eigenvalue weighted by Crippen LogP contribution is -2.69. The second-order valence-electron chi connectivity index (χ2n) is 7.21. The number of nitrogens with one attached hydrogen (secondary N) is 2. The second kappa shape index (κ2) is 10.7. The van der Waals surface area contributed by atoms with Crippen LogP contribution in [0.25, 0.3) is 0 Å². The van der Waals surface area contributed by atoms with Crippen molar-refractivity contribution in [2.75, 3.05) is 20.3 Å². The van der Waals surface area contributed by atoms with Crippen LogP contribution in [-0.2, 0) is 28.5 Å². The normalized spacial score (nSPS) is 41.9. The summed E-state index contributed by atoms with van der Waals surface area (Å²) in [6.07, 6.45) is -10.4. The molecule has 2 fully saturated rings. The SMILES string of the molecule is CO[C@@H]1C(CO)O[C@H](O[C@H]2C(CO)O[C@@H](O)C(NC(C)=O)[C@@H]2O)[C@H](NC(C)=O)C1O. The van der Waals surface area contributed by atoms with E-state index in [-0.39, 0.29) is 0 Å². The molecule has 0 bridgehead atoms. The molecule has 2 heterocycles. The van der Waals surface area contributed by atoms with E-state index in [9.17, 15) is 35.1 Å². The average Bonchev–Trinajstić information content (AvgIpc) is 2.68. The van der Waals surface area contributed by atoms with Gasteiger partial charge in [0, 0.05) is 21.0 Å². The van der Waals surface area contributed by atoms with Crippen molar-refractivity contribution in [3.63, 3.8) is 0 Å². The van der Waals surface area contributed by atoms with Crippen LogP contribution in [0.4, 0.5) is 0 Å². The fourth-order valence-electron chi connectivity index (χ4n) is 3.66. The zero-order valence-corrected chi connectivity index (χ0v) is 16.9. The van der Waals surface area contributed by atoms with Crippen molar-refractivity contribution in [2.24, 2.45) is 0 Å². The Morgan fingerprint density at radius 1 is 0.867 bits per heavy atom. The van der Waals surface area contributed by atoms with Gasteiger partial charge in [-0.05, 0) is 0 Å². The number of carbonyl (C=O) groups is 2. The molecule has 13 heteroatoms. The molecule has 2 aliphatic heterocycles. The molecule has 0 radical (unpaired) electrons. The predicted octanol–water partition coefficient (Wildman–Crippen LogP) is -4.46. The van der Waals surface area contributed by atoms with Crippen LogP contribution in [0.5, 0.6) is 0 Å². The summed E-state index contributed by atoms with van der Waals surface area (Å²) in [6.45, 7) is 1.19. The molecule has 0 aromatic rings. The van der Waals surface area contributed by atoms with Gasteiger partial charge in [0.2, 0.25) is 11.8 Å². The van der Waals surface area contributed by atoms with Gasteiger partial charge in [-0.1, -0.05) is 0 Å². The molecule has 30 heavy (non-hydrogen) atoms. The number of ether oxygens (including phenoxy) is 4. The van der Waals surface area contributed by atoms with Crippen LogP contribution >= 0.6 is 0 Å². The van der Waals surface area contributed by atoms with Gasteiger partial charge < -0.3 is 55.1 Å². The summed E-state index contributed by atoms with van der Waals surface area (Å²) in [7, 11) is 1.30. The van der Waals surface area contributed by atoms with E-state index in [4.69, 9.17) is 18.9 Å². The molecular weight excluding hydrogens is 408 g/mol. The van der Waals surface area contributed by atoms with Gasteiger partial charge in [-0.3, -0.25) is 9.59 Å². The van der Waals surface area contributed by atoms with Crippen molar-refractivity contribution < 1.29 is 54.1 Å². The highest BCUT2D eigenvalue weighted by Crippen LogP contribution is 2.29. The van der Waals surface area contributed by atoms with Gasteiger partial charge in [0.05, 0.1) is 13.2 Å². The van der Waals surface area contributed by atoms with Crippen molar-refractivity contribution in [2.45, 2.75) is 75.1 Å². The first-order chi connectivity index (χ1) is 14.1. The van der Waals surface area contributed by atoms with Crippen molar-refractivity contribution in [3.05, 3.63) is 0 Å². The maximum absolute atomic E-state index is 11.6. The van der Waals surface area contributed by atoms with E-state index < -0.39 is 86.3 Å². The summed E-state index contributed by atoms with van der Waals surface area (Å²) in [4.78, 5) is 23.0. The highest BCUT2D eigenvalue weighted by atomic mass is 16.7. The highest BCUT2D eigenvalue weighted by molar-refractivity contribution is 5.73. The molecule has 13 nitrogen and oxygen atoms in total. The first-order valence-electron chi connectivity index (χ1n) is 9.43. The molecule has 0 aliphatic carbocycles. The lowest BCUT2D eigenvalue weighted by molar-refractivity contribution is -0.329. The number of amides is 2. The van der Waals surface area contributed by atoms with E-state index in [2.05, 4.69) is 10.6 Å². The molecule has 10 atom stereocenters. The van der Waals surface area contributed by atoms with E-state index in [0.717, 1.165) is 0 Å². The molecule has 4 unspecified atom stereocenters. The third-order valence-corrected chi connectivity index (χ3v) is 5.03. The fraction of sp³-hybridized carbons (Fsp3) is 0.882. The summed E-state index contributed by atoms with van der Waals surface area (Å²) in [6, 6.07) is -2.43. The van der Waals surface area contributed by atoms with E-state index in [1.54, 1.807) is 0 Å². The Balaban J connectivity index is 2.28. The molecule has 0 saturated carbocycles. The highest BCUT2D eigenvalue weighted by Gasteiger charge is 2.51. The van der Waals surface area contributed by atoms with E-state index in [1.807, 2.05) is 0 Å². The van der Waals surface area contributed by atoms with Gasteiger partial charge >= 0.3 is 0 Å². The number of aliphatic hydroxyl groups is 5. The maximum atomic E-state index is 11.6. The Morgan fingerprint density at radius 3 is 1.87 bits per heavy atom. The van der Waals surface area contributed by atoms with Gasteiger partial charge in [0.1, 0.15) is 48.7 Å². The standard InChI is InChI=1S/C17H30N2O11/c1-6(22)18-10-12(24)15(9(5-21)28-16(10)26)30-17-11(19-7(2)23)13(25)14(27-3)8(4-20)29-17/h8-17,20-21,24-26H,4-5H2,1-3H3,(H,18,22)(H,19,23)/t8?,9?,10?,11-,12+,13?,14-,15+,16-,17-/m1/s1. The van der Waals surface area contributed by atoms with Crippen LogP contribution in [0.2, 0.25) is 0 Å². The second-order valence-corrected chi connectivity index (χ2v) is 7.21. The Morgan fingerprint density at radius 2 is 1.37 bits per heavy atom. The first kappa shape index (κ1) is 24.8. The minimum Gasteiger partial charge on any atom is -0.394 e. The fourth-order valence-corrected chi connectivity index (χ4v) is 3.66. The van der Waals surface area contributed by atoms with Crippen molar-refractivity contribution in [1.29, 1.82) is 0 Å². The lowest BCUT2D eigenvalue weighted by Gasteiger charge is -2.47. The monoisotopic (exact) mass is 438 g/mol. The number of carbonyl (C=O) groups excluding carboxylic acids is 2. The van der Waals surface area contributed by atoms with Gasteiger partial charge in [0.15, 0.2) is 12.6 Å². The molecule has 0 aromatic carbocycles. The molecule has 2 saturated heterocycles. The molecular formula is C17H30N2O11. The number of hydrogen-bond donors (Lipinski definition) is 7. The van der Waals surface area contributed by atoms with Crippen LogP contribution in [0.15, 0.2) is 0 Å². The summed E-state index contributed by atoms with van der Waals surface area (Å²) in [5.74, 6) is -1.06. The number of aliphatic hydroxyl groups excluding tert-OH is 5. The summed E-state index contributed by atoms with van der Waals surface area (Å²) in [5, 5.41) is 55.3. The third-order valence-electron chi connectivity index (χ3n) is 5.03. The lowest BCUT2D eigenvalue weighted by atomic mass is 9.94. The topological polar surface area (TPSA) is 196 Å². The molecule has 0 aromatic heterocycles.